The van der Waals surface area contributed by atoms with Crippen LogP contribution in [-0.2, 0) is 16.4 Å². The van der Waals surface area contributed by atoms with Crippen LogP contribution in [0.2, 0.25) is 0 Å². The van der Waals surface area contributed by atoms with Crippen molar-refractivity contribution in [2.75, 3.05) is 11.6 Å². The third-order valence-corrected chi connectivity index (χ3v) is 6.69. The average Bonchev–Trinajstić information content (AvgIpc) is 3.17. The van der Waals surface area contributed by atoms with Crippen LogP contribution < -0.4 is 5.32 Å². The highest BCUT2D eigenvalue weighted by Gasteiger charge is 2.18. The Kier molecular flexibility index (Phi) is 5.18. The first-order valence-corrected chi connectivity index (χ1v) is 12.3. The lowest BCUT2D eigenvalue weighted by atomic mass is 10.1. The normalized spacial score (nSPS) is 11.7. The van der Waals surface area contributed by atoms with Crippen LogP contribution in [0.25, 0.3) is 21.7 Å². The fraction of sp³-hybridized carbons (Fsp3) is 0.0769. The molecule has 7 heteroatoms. The van der Waals surface area contributed by atoms with Gasteiger partial charge in [-0.3, -0.25) is 9.48 Å². The van der Waals surface area contributed by atoms with E-state index in [0.29, 0.717) is 17.9 Å². The van der Waals surface area contributed by atoms with E-state index in [4.69, 9.17) is 0 Å². The second-order valence-corrected chi connectivity index (χ2v) is 9.97. The van der Waals surface area contributed by atoms with E-state index >= 15 is 0 Å². The molecular formula is C26H21N3O3S. The molecule has 33 heavy (non-hydrogen) atoms. The van der Waals surface area contributed by atoms with Crippen molar-refractivity contribution in [3.63, 3.8) is 0 Å². The molecule has 6 nitrogen and oxygen atoms in total. The molecule has 0 atom stereocenters. The largest absolute Gasteiger partial charge is 0.321 e. The number of anilines is 1. The molecule has 1 amide bonds. The number of hydrogen-bond acceptors (Lipinski definition) is 4. The van der Waals surface area contributed by atoms with Crippen molar-refractivity contribution < 1.29 is 13.2 Å². The third kappa shape index (κ3) is 4.23. The van der Waals surface area contributed by atoms with Gasteiger partial charge >= 0.3 is 0 Å². The van der Waals surface area contributed by atoms with Gasteiger partial charge in [0.25, 0.3) is 5.91 Å². The number of fused-ring (bicyclic) bond motifs is 2. The quantitative estimate of drug-likeness (QED) is 0.409. The molecule has 0 radical (unpaired) electrons. The molecule has 0 aliphatic rings. The van der Waals surface area contributed by atoms with Gasteiger partial charge in [0.15, 0.2) is 15.5 Å². The highest BCUT2D eigenvalue weighted by molar-refractivity contribution is 7.90. The lowest BCUT2D eigenvalue weighted by Gasteiger charge is -2.06. The molecule has 164 valence electrons. The van der Waals surface area contributed by atoms with E-state index in [1.807, 2.05) is 66.7 Å². The van der Waals surface area contributed by atoms with Gasteiger partial charge in [0, 0.05) is 17.3 Å². The van der Waals surface area contributed by atoms with E-state index in [-0.39, 0.29) is 10.8 Å². The first-order valence-electron chi connectivity index (χ1n) is 10.4. The SMILES string of the molecule is CS(=O)(=O)c1ccc(Cn2nc(C(=O)Nc3ccc4ccccc4c3)c3ccccc32)cc1. The highest BCUT2D eigenvalue weighted by atomic mass is 32.2. The molecule has 0 bridgehead atoms. The number of carbonyl (C=O) groups excluding carboxylic acids is 1. The number of nitrogens with zero attached hydrogens (tertiary/aromatic N) is 2. The summed E-state index contributed by atoms with van der Waals surface area (Å²) in [4.78, 5) is 13.4. The molecule has 0 aliphatic heterocycles. The molecule has 0 saturated heterocycles. The maximum absolute atomic E-state index is 13.1. The summed E-state index contributed by atoms with van der Waals surface area (Å²) in [5, 5.41) is 10.5. The first kappa shape index (κ1) is 20.9. The van der Waals surface area contributed by atoms with Crippen molar-refractivity contribution in [2.45, 2.75) is 11.4 Å². The second-order valence-electron chi connectivity index (χ2n) is 7.96. The van der Waals surface area contributed by atoms with Crippen LogP contribution in [0.15, 0.2) is 95.9 Å². The van der Waals surface area contributed by atoms with Gasteiger partial charge in [0.05, 0.1) is 17.0 Å². The minimum absolute atomic E-state index is 0.270. The Morgan fingerprint density at radius 2 is 1.58 bits per heavy atom. The van der Waals surface area contributed by atoms with E-state index < -0.39 is 9.84 Å². The second kappa shape index (κ2) is 8.18. The summed E-state index contributed by atoms with van der Waals surface area (Å²) in [6.45, 7) is 0.411. The molecular weight excluding hydrogens is 434 g/mol. The summed E-state index contributed by atoms with van der Waals surface area (Å²) >= 11 is 0. The van der Waals surface area contributed by atoms with Crippen molar-refractivity contribution >= 4 is 43.1 Å². The molecule has 0 unspecified atom stereocenters. The molecule has 0 saturated carbocycles. The Labute approximate surface area is 191 Å². The Morgan fingerprint density at radius 1 is 0.879 bits per heavy atom. The summed E-state index contributed by atoms with van der Waals surface area (Å²) in [6, 6.07) is 28.0. The standard InChI is InChI=1S/C26H21N3O3S/c1-33(31,32)22-14-10-18(11-15-22)17-29-24-9-5-4-8-23(24)25(28-29)26(30)27-21-13-12-19-6-2-3-7-20(19)16-21/h2-16H,17H2,1H3,(H,27,30). The third-order valence-electron chi connectivity index (χ3n) is 5.56. The maximum atomic E-state index is 13.1. The summed E-state index contributed by atoms with van der Waals surface area (Å²) in [7, 11) is -3.25. The van der Waals surface area contributed by atoms with Gasteiger partial charge in [-0.15, -0.1) is 0 Å². The monoisotopic (exact) mass is 455 g/mol. The zero-order chi connectivity index (χ0) is 23.0. The van der Waals surface area contributed by atoms with Crippen LogP contribution >= 0.6 is 0 Å². The lowest BCUT2D eigenvalue weighted by Crippen LogP contribution is -2.14. The number of benzene rings is 4. The van der Waals surface area contributed by atoms with Gasteiger partial charge in [-0.25, -0.2) is 8.42 Å². The van der Waals surface area contributed by atoms with Gasteiger partial charge < -0.3 is 5.32 Å². The molecule has 4 aromatic carbocycles. The Balaban J connectivity index is 1.45. The number of hydrogen-bond donors (Lipinski definition) is 1. The van der Waals surface area contributed by atoms with Crippen LogP contribution in [0.4, 0.5) is 5.69 Å². The fourth-order valence-corrected chi connectivity index (χ4v) is 4.52. The van der Waals surface area contributed by atoms with Crippen LogP contribution in [0.5, 0.6) is 0 Å². The van der Waals surface area contributed by atoms with Crippen LogP contribution in [0.3, 0.4) is 0 Å². The first-order chi connectivity index (χ1) is 15.9. The van der Waals surface area contributed by atoms with Crippen molar-refractivity contribution in [1.29, 1.82) is 0 Å². The highest BCUT2D eigenvalue weighted by Crippen LogP contribution is 2.23. The van der Waals surface area contributed by atoms with Crippen molar-refractivity contribution in [3.8, 4) is 0 Å². The smallest absolute Gasteiger partial charge is 0.276 e. The van der Waals surface area contributed by atoms with E-state index in [9.17, 15) is 13.2 Å². The predicted octanol–water partition coefficient (Wildman–Crippen LogP) is 4.89. The molecule has 5 aromatic rings. The number of sulfone groups is 1. The van der Waals surface area contributed by atoms with E-state index in [2.05, 4.69) is 10.4 Å². The fourth-order valence-electron chi connectivity index (χ4n) is 3.89. The number of nitrogens with one attached hydrogen (secondary N) is 1. The van der Waals surface area contributed by atoms with Gasteiger partial charge in [-0.1, -0.05) is 60.7 Å². The van der Waals surface area contributed by atoms with Crippen LogP contribution in [0.1, 0.15) is 16.1 Å². The topological polar surface area (TPSA) is 81.1 Å². The Morgan fingerprint density at radius 3 is 2.33 bits per heavy atom. The molecule has 1 aromatic heterocycles. The number of rotatable bonds is 5. The van der Waals surface area contributed by atoms with Crippen molar-refractivity contribution in [1.82, 2.24) is 9.78 Å². The van der Waals surface area contributed by atoms with Crippen molar-refractivity contribution in [3.05, 3.63) is 102 Å². The van der Waals surface area contributed by atoms with Crippen LogP contribution in [-0.4, -0.2) is 30.4 Å². The van der Waals surface area contributed by atoms with E-state index in [1.54, 1.807) is 28.9 Å². The Bertz CT molecular complexity index is 1600. The maximum Gasteiger partial charge on any atom is 0.276 e. The Hall–Kier alpha value is -3.97. The number of carbonyl (C=O) groups is 1. The van der Waals surface area contributed by atoms with Gasteiger partial charge in [0.1, 0.15) is 0 Å². The lowest BCUT2D eigenvalue weighted by molar-refractivity contribution is 0.102. The zero-order valence-corrected chi connectivity index (χ0v) is 18.7. The number of aromatic nitrogens is 2. The van der Waals surface area contributed by atoms with Gasteiger partial charge in [0.2, 0.25) is 0 Å². The minimum atomic E-state index is -3.25. The molecule has 0 fully saturated rings. The van der Waals surface area contributed by atoms with Gasteiger partial charge in [-0.05, 0) is 46.7 Å². The van der Waals surface area contributed by atoms with Crippen molar-refractivity contribution in [2.24, 2.45) is 0 Å². The summed E-state index contributed by atoms with van der Waals surface area (Å²) < 4.78 is 25.2. The number of amides is 1. The molecule has 1 heterocycles. The van der Waals surface area contributed by atoms with Gasteiger partial charge in [-0.2, -0.15) is 5.10 Å². The molecule has 1 N–H and O–H groups in total. The van der Waals surface area contributed by atoms with Crippen LogP contribution in [0, 0.1) is 0 Å². The summed E-state index contributed by atoms with van der Waals surface area (Å²) in [5.41, 5.74) is 2.76. The molecule has 5 rings (SSSR count). The minimum Gasteiger partial charge on any atom is -0.321 e. The predicted molar refractivity (Wildman–Crippen MR) is 130 cm³/mol. The summed E-state index contributed by atoms with van der Waals surface area (Å²) in [5.74, 6) is -0.285. The zero-order valence-electron chi connectivity index (χ0n) is 17.9. The summed E-state index contributed by atoms with van der Waals surface area (Å²) in [6.07, 6.45) is 1.18. The average molecular weight is 456 g/mol. The number of para-hydroxylation sites is 1. The molecule has 0 spiro atoms. The molecule has 0 aliphatic carbocycles. The van der Waals surface area contributed by atoms with E-state index in [1.165, 1.54) is 6.26 Å². The van der Waals surface area contributed by atoms with E-state index in [0.717, 1.165) is 27.2 Å².